The summed E-state index contributed by atoms with van der Waals surface area (Å²) >= 11 is 0. The summed E-state index contributed by atoms with van der Waals surface area (Å²) in [6.07, 6.45) is 4.83. The monoisotopic (exact) mass is 298 g/mol. The van der Waals surface area contributed by atoms with Crippen LogP contribution >= 0.6 is 0 Å². The highest BCUT2D eigenvalue weighted by atomic mass is 32.2. The van der Waals surface area contributed by atoms with Crippen LogP contribution in [0, 0.1) is 0 Å². The van der Waals surface area contributed by atoms with E-state index in [1.165, 1.54) is 37.7 Å². The Bertz CT molecular complexity index is 495. The van der Waals surface area contributed by atoms with E-state index < -0.39 is 10.0 Å². The zero-order valence-corrected chi connectivity index (χ0v) is 13.7. The van der Waals surface area contributed by atoms with Gasteiger partial charge in [-0.2, -0.15) is 0 Å². The van der Waals surface area contributed by atoms with E-state index in [9.17, 15) is 8.42 Å². The summed E-state index contributed by atoms with van der Waals surface area (Å²) in [7, 11) is -0.256. The maximum atomic E-state index is 11.9. The maximum Gasteiger partial charge on any atom is 0.242 e. The molecule has 4 nitrogen and oxygen atoms in total. The van der Waals surface area contributed by atoms with Crippen LogP contribution in [0.25, 0.3) is 0 Å². The van der Waals surface area contributed by atoms with Gasteiger partial charge in [-0.3, -0.25) is 0 Å². The SMILES string of the molecule is CCCCCC(C)Nc1ccc(S(=O)(=O)N(C)C)cc1. The van der Waals surface area contributed by atoms with Crippen LogP contribution in [0.2, 0.25) is 0 Å². The molecule has 114 valence electrons. The average Bonchev–Trinajstić information content (AvgIpc) is 2.39. The molecule has 0 aliphatic rings. The van der Waals surface area contributed by atoms with Crippen LogP contribution in [-0.4, -0.2) is 32.9 Å². The molecule has 20 heavy (non-hydrogen) atoms. The molecule has 0 bridgehead atoms. The average molecular weight is 298 g/mol. The van der Waals surface area contributed by atoms with Crippen molar-refractivity contribution in [1.29, 1.82) is 0 Å². The fourth-order valence-corrected chi connectivity index (χ4v) is 2.89. The van der Waals surface area contributed by atoms with Gasteiger partial charge in [-0.25, -0.2) is 12.7 Å². The summed E-state index contributed by atoms with van der Waals surface area (Å²) < 4.78 is 25.1. The molecular formula is C15H26N2O2S. The molecule has 0 heterocycles. The van der Waals surface area contributed by atoms with Crippen molar-refractivity contribution in [3.8, 4) is 0 Å². The van der Waals surface area contributed by atoms with Crippen molar-refractivity contribution in [3.63, 3.8) is 0 Å². The Balaban J connectivity index is 2.63. The minimum Gasteiger partial charge on any atom is -0.383 e. The molecule has 0 saturated carbocycles. The minimum atomic E-state index is -3.33. The number of anilines is 1. The second-order valence-corrected chi connectivity index (χ2v) is 7.50. The first kappa shape index (κ1) is 17.0. The quantitative estimate of drug-likeness (QED) is 0.749. The molecule has 1 aromatic carbocycles. The number of nitrogens with zero attached hydrogens (tertiary/aromatic N) is 1. The number of hydrogen-bond acceptors (Lipinski definition) is 3. The van der Waals surface area contributed by atoms with E-state index in [1.807, 2.05) is 12.1 Å². The normalized spacial score (nSPS) is 13.4. The van der Waals surface area contributed by atoms with Crippen molar-refractivity contribution in [2.24, 2.45) is 0 Å². The smallest absolute Gasteiger partial charge is 0.242 e. The number of sulfonamides is 1. The number of unbranched alkanes of at least 4 members (excludes halogenated alkanes) is 2. The molecule has 0 fully saturated rings. The predicted molar refractivity (Wildman–Crippen MR) is 84.5 cm³/mol. The molecule has 1 rings (SSSR count). The lowest BCUT2D eigenvalue weighted by atomic mass is 10.1. The van der Waals surface area contributed by atoms with E-state index in [0.29, 0.717) is 10.9 Å². The second-order valence-electron chi connectivity index (χ2n) is 5.35. The summed E-state index contributed by atoms with van der Waals surface area (Å²) in [5.41, 5.74) is 0.965. The van der Waals surface area contributed by atoms with Gasteiger partial charge >= 0.3 is 0 Å². The Kier molecular flexibility index (Phi) is 6.49. The molecule has 1 N–H and O–H groups in total. The second kappa shape index (κ2) is 7.64. The maximum absolute atomic E-state index is 11.9. The first-order valence-corrected chi connectivity index (χ1v) is 8.61. The van der Waals surface area contributed by atoms with Crippen molar-refractivity contribution in [2.45, 2.75) is 50.5 Å². The first-order valence-electron chi connectivity index (χ1n) is 7.17. The zero-order valence-electron chi connectivity index (χ0n) is 12.9. The lowest BCUT2D eigenvalue weighted by molar-refractivity contribution is 0.521. The third kappa shape index (κ3) is 4.80. The third-order valence-electron chi connectivity index (χ3n) is 3.29. The molecule has 5 heteroatoms. The zero-order chi connectivity index (χ0) is 15.2. The highest BCUT2D eigenvalue weighted by molar-refractivity contribution is 7.89. The lowest BCUT2D eigenvalue weighted by Crippen LogP contribution is -2.22. The Morgan fingerprint density at radius 2 is 1.75 bits per heavy atom. The lowest BCUT2D eigenvalue weighted by Gasteiger charge is -2.16. The molecule has 1 unspecified atom stereocenters. The summed E-state index contributed by atoms with van der Waals surface area (Å²) in [6.45, 7) is 4.35. The Morgan fingerprint density at radius 1 is 1.15 bits per heavy atom. The van der Waals surface area contributed by atoms with Gasteiger partial charge in [-0.1, -0.05) is 26.2 Å². The van der Waals surface area contributed by atoms with Crippen LogP contribution in [0.1, 0.15) is 39.5 Å². The van der Waals surface area contributed by atoms with E-state index in [1.54, 1.807) is 12.1 Å². The van der Waals surface area contributed by atoms with Crippen molar-refractivity contribution in [2.75, 3.05) is 19.4 Å². The largest absolute Gasteiger partial charge is 0.383 e. The van der Waals surface area contributed by atoms with Crippen LogP contribution in [0.3, 0.4) is 0 Å². The number of nitrogens with one attached hydrogen (secondary N) is 1. The third-order valence-corrected chi connectivity index (χ3v) is 5.12. The topological polar surface area (TPSA) is 49.4 Å². The molecule has 0 saturated heterocycles. The van der Waals surface area contributed by atoms with E-state index >= 15 is 0 Å². The summed E-state index contributed by atoms with van der Waals surface area (Å²) in [5.74, 6) is 0. The molecule has 0 spiro atoms. The molecule has 1 aromatic rings. The van der Waals surface area contributed by atoms with Crippen LogP contribution in [0.15, 0.2) is 29.2 Å². The van der Waals surface area contributed by atoms with Crippen molar-refractivity contribution < 1.29 is 8.42 Å². The van der Waals surface area contributed by atoms with Crippen LogP contribution in [-0.2, 0) is 10.0 Å². The molecular weight excluding hydrogens is 272 g/mol. The molecule has 0 radical (unpaired) electrons. The van der Waals surface area contributed by atoms with Gasteiger partial charge in [0.1, 0.15) is 0 Å². The van der Waals surface area contributed by atoms with Gasteiger partial charge in [0.25, 0.3) is 0 Å². The molecule has 0 aliphatic carbocycles. The molecule has 1 atom stereocenters. The van der Waals surface area contributed by atoms with E-state index in [-0.39, 0.29) is 0 Å². The first-order chi connectivity index (χ1) is 9.37. The summed E-state index contributed by atoms with van der Waals surface area (Å²) in [5, 5.41) is 3.40. The highest BCUT2D eigenvalue weighted by Crippen LogP contribution is 2.18. The van der Waals surface area contributed by atoms with Crippen LogP contribution < -0.4 is 5.32 Å². The van der Waals surface area contributed by atoms with Gasteiger partial charge in [0.05, 0.1) is 4.90 Å². The fourth-order valence-electron chi connectivity index (χ4n) is 1.99. The number of benzene rings is 1. The standard InChI is InChI=1S/C15H26N2O2S/c1-5-6-7-8-13(2)16-14-9-11-15(12-10-14)20(18,19)17(3)4/h9-13,16H,5-8H2,1-4H3. The summed E-state index contributed by atoms with van der Waals surface area (Å²) in [6, 6.07) is 7.35. The Morgan fingerprint density at radius 3 is 2.25 bits per heavy atom. The summed E-state index contributed by atoms with van der Waals surface area (Å²) in [4.78, 5) is 0.326. The van der Waals surface area contributed by atoms with E-state index in [0.717, 1.165) is 12.1 Å². The molecule has 0 amide bonds. The predicted octanol–water partition coefficient (Wildman–Crippen LogP) is 3.32. The fraction of sp³-hybridized carbons (Fsp3) is 0.600. The van der Waals surface area contributed by atoms with E-state index in [4.69, 9.17) is 0 Å². The molecule has 0 aliphatic heterocycles. The molecule has 0 aromatic heterocycles. The Labute approximate surface area is 123 Å². The van der Waals surface area contributed by atoms with Crippen LogP contribution in [0.4, 0.5) is 5.69 Å². The Hall–Kier alpha value is -1.07. The van der Waals surface area contributed by atoms with E-state index in [2.05, 4.69) is 19.2 Å². The van der Waals surface area contributed by atoms with Gasteiger partial charge in [-0.15, -0.1) is 0 Å². The van der Waals surface area contributed by atoms with Gasteiger partial charge in [0.2, 0.25) is 10.0 Å². The van der Waals surface area contributed by atoms with Gasteiger partial charge in [0.15, 0.2) is 0 Å². The van der Waals surface area contributed by atoms with Crippen LogP contribution in [0.5, 0.6) is 0 Å². The van der Waals surface area contributed by atoms with Crippen molar-refractivity contribution in [3.05, 3.63) is 24.3 Å². The number of rotatable bonds is 8. The minimum absolute atomic E-state index is 0.326. The highest BCUT2D eigenvalue weighted by Gasteiger charge is 2.16. The van der Waals surface area contributed by atoms with Crippen molar-refractivity contribution >= 4 is 15.7 Å². The number of hydrogen-bond donors (Lipinski definition) is 1. The van der Waals surface area contributed by atoms with Gasteiger partial charge < -0.3 is 5.32 Å². The van der Waals surface area contributed by atoms with Gasteiger partial charge in [0, 0.05) is 25.8 Å². The van der Waals surface area contributed by atoms with Crippen molar-refractivity contribution in [1.82, 2.24) is 4.31 Å². The van der Waals surface area contributed by atoms with Gasteiger partial charge in [-0.05, 0) is 37.6 Å².